The molecule has 0 saturated heterocycles. The maximum Gasteiger partial charge on any atom is 0.224 e. The fraction of sp³-hybridized carbons (Fsp3) is 0.304. The van der Waals surface area contributed by atoms with Crippen LogP contribution in [0.2, 0.25) is 0 Å². The summed E-state index contributed by atoms with van der Waals surface area (Å²) in [5, 5.41) is 4.20. The van der Waals surface area contributed by atoms with E-state index in [0.29, 0.717) is 13.0 Å². The van der Waals surface area contributed by atoms with Crippen LogP contribution < -0.4 is 5.32 Å². The first kappa shape index (κ1) is 19.1. The molecule has 1 atom stereocenters. The fourth-order valence-corrected chi connectivity index (χ4v) is 3.55. The number of hydrogen-bond acceptors (Lipinski definition) is 3. The number of pyridine rings is 1. The highest BCUT2D eigenvalue weighted by molar-refractivity contribution is 5.87. The van der Waals surface area contributed by atoms with Gasteiger partial charge in [0.05, 0.1) is 18.0 Å². The third-order valence-electron chi connectivity index (χ3n) is 5.00. The van der Waals surface area contributed by atoms with Gasteiger partial charge in [-0.15, -0.1) is 0 Å². The van der Waals surface area contributed by atoms with Crippen LogP contribution in [-0.2, 0) is 11.2 Å². The second kappa shape index (κ2) is 9.28. The first-order chi connectivity index (χ1) is 13.2. The van der Waals surface area contributed by atoms with Gasteiger partial charge in [-0.3, -0.25) is 14.7 Å². The Kier molecular flexibility index (Phi) is 6.55. The average molecular weight is 361 g/mol. The zero-order valence-electron chi connectivity index (χ0n) is 16.1. The largest absolute Gasteiger partial charge is 0.354 e. The Labute approximate surface area is 161 Å². The van der Waals surface area contributed by atoms with Crippen LogP contribution in [0.4, 0.5) is 0 Å². The molecule has 0 aliphatic rings. The number of likely N-dealkylation sites (N-methyl/N-ethyl adjacent to an activating group) is 1. The highest BCUT2D eigenvalue weighted by Crippen LogP contribution is 2.20. The van der Waals surface area contributed by atoms with E-state index >= 15 is 0 Å². The second-order valence-electron chi connectivity index (χ2n) is 6.62. The summed E-state index contributed by atoms with van der Waals surface area (Å²) in [5.74, 6) is 0.0289. The normalized spacial score (nSPS) is 12.3. The lowest BCUT2D eigenvalue weighted by Gasteiger charge is -2.30. The van der Waals surface area contributed by atoms with Crippen molar-refractivity contribution in [2.45, 2.75) is 26.3 Å². The van der Waals surface area contributed by atoms with E-state index in [0.717, 1.165) is 29.6 Å². The number of rotatable bonds is 8. The Balaban J connectivity index is 1.70. The minimum atomic E-state index is 0.0289. The van der Waals surface area contributed by atoms with E-state index in [4.69, 9.17) is 0 Å². The Morgan fingerprint density at radius 1 is 1.00 bits per heavy atom. The molecule has 1 amide bonds. The molecule has 0 aliphatic heterocycles. The molecular weight excluding hydrogens is 334 g/mol. The molecule has 27 heavy (non-hydrogen) atoms. The van der Waals surface area contributed by atoms with E-state index in [9.17, 15) is 4.79 Å². The van der Waals surface area contributed by atoms with Crippen LogP contribution in [0, 0.1) is 0 Å². The zero-order valence-corrected chi connectivity index (χ0v) is 16.1. The fourth-order valence-electron chi connectivity index (χ4n) is 3.55. The maximum absolute atomic E-state index is 12.6. The van der Waals surface area contributed by atoms with Gasteiger partial charge in [0.1, 0.15) is 0 Å². The number of hydrogen-bond donors (Lipinski definition) is 1. The smallest absolute Gasteiger partial charge is 0.224 e. The van der Waals surface area contributed by atoms with Gasteiger partial charge in [0.25, 0.3) is 0 Å². The highest BCUT2D eigenvalue weighted by Gasteiger charge is 2.19. The van der Waals surface area contributed by atoms with Gasteiger partial charge in [0, 0.05) is 18.1 Å². The first-order valence-electron chi connectivity index (χ1n) is 9.61. The van der Waals surface area contributed by atoms with E-state index < -0.39 is 0 Å². The van der Waals surface area contributed by atoms with Crippen LogP contribution in [0.3, 0.4) is 0 Å². The van der Waals surface area contributed by atoms with Crippen molar-refractivity contribution in [2.75, 3.05) is 19.6 Å². The Hall–Kier alpha value is -2.72. The van der Waals surface area contributed by atoms with Crippen molar-refractivity contribution < 1.29 is 4.79 Å². The Morgan fingerprint density at radius 2 is 1.74 bits per heavy atom. The number of para-hydroxylation sites is 1. The molecule has 0 fully saturated rings. The van der Waals surface area contributed by atoms with E-state index in [1.54, 1.807) is 6.20 Å². The van der Waals surface area contributed by atoms with Crippen molar-refractivity contribution in [1.82, 2.24) is 15.2 Å². The van der Waals surface area contributed by atoms with Crippen LogP contribution in [0.5, 0.6) is 0 Å². The van der Waals surface area contributed by atoms with Gasteiger partial charge in [0.15, 0.2) is 0 Å². The summed E-state index contributed by atoms with van der Waals surface area (Å²) < 4.78 is 0. The minimum Gasteiger partial charge on any atom is -0.354 e. The molecule has 1 unspecified atom stereocenters. The number of nitrogens with zero attached hydrogens (tertiary/aromatic N) is 2. The maximum atomic E-state index is 12.6. The summed E-state index contributed by atoms with van der Waals surface area (Å²) >= 11 is 0. The Bertz CT molecular complexity index is 870. The number of aromatic nitrogens is 1. The summed E-state index contributed by atoms with van der Waals surface area (Å²) in [7, 11) is 0. The van der Waals surface area contributed by atoms with E-state index in [2.05, 4.69) is 53.3 Å². The first-order valence-corrected chi connectivity index (χ1v) is 9.61. The predicted octanol–water partition coefficient (Wildman–Crippen LogP) is 3.98. The summed E-state index contributed by atoms with van der Waals surface area (Å²) in [6.07, 6.45) is 2.11. The summed E-state index contributed by atoms with van der Waals surface area (Å²) in [6.45, 7) is 6.80. The molecule has 3 rings (SSSR count). The molecule has 4 heteroatoms. The number of carbonyl (C=O) groups excluding carboxylic acids is 1. The van der Waals surface area contributed by atoms with Crippen LogP contribution in [0.25, 0.3) is 10.9 Å². The van der Waals surface area contributed by atoms with Crippen molar-refractivity contribution in [3.05, 3.63) is 78.0 Å². The quantitative estimate of drug-likeness (QED) is 0.660. The lowest BCUT2D eigenvalue weighted by molar-refractivity contribution is -0.120. The van der Waals surface area contributed by atoms with Crippen molar-refractivity contribution in [2.24, 2.45) is 0 Å². The summed E-state index contributed by atoms with van der Waals surface area (Å²) in [4.78, 5) is 19.4. The predicted molar refractivity (Wildman–Crippen MR) is 111 cm³/mol. The molecule has 4 nitrogen and oxygen atoms in total. The van der Waals surface area contributed by atoms with Crippen molar-refractivity contribution in [3.8, 4) is 0 Å². The van der Waals surface area contributed by atoms with Crippen LogP contribution in [0.15, 0.2) is 66.9 Å². The number of fused-ring (bicyclic) bond motifs is 1. The summed E-state index contributed by atoms with van der Waals surface area (Å²) in [6, 6.07) is 20.5. The Morgan fingerprint density at radius 3 is 2.48 bits per heavy atom. The molecule has 140 valence electrons. The molecule has 0 radical (unpaired) electrons. The number of benzene rings is 2. The molecule has 2 aromatic carbocycles. The molecule has 1 heterocycles. The van der Waals surface area contributed by atoms with Crippen LogP contribution >= 0.6 is 0 Å². The van der Waals surface area contributed by atoms with Gasteiger partial charge >= 0.3 is 0 Å². The van der Waals surface area contributed by atoms with Gasteiger partial charge in [-0.2, -0.15) is 0 Å². The van der Waals surface area contributed by atoms with Gasteiger partial charge in [-0.25, -0.2) is 0 Å². The van der Waals surface area contributed by atoms with Crippen LogP contribution in [0.1, 0.15) is 31.0 Å². The molecule has 1 aromatic heterocycles. The third-order valence-corrected chi connectivity index (χ3v) is 5.00. The zero-order chi connectivity index (χ0) is 19.1. The lowest BCUT2D eigenvalue weighted by Crippen LogP contribution is -2.38. The molecule has 3 aromatic rings. The lowest BCUT2D eigenvalue weighted by atomic mass is 10.0. The van der Waals surface area contributed by atoms with Crippen molar-refractivity contribution in [3.63, 3.8) is 0 Å². The molecular formula is C23H27N3O. The monoisotopic (exact) mass is 361 g/mol. The van der Waals surface area contributed by atoms with E-state index in [1.165, 1.54) is 5.56 Å². The topological polar surface area (TPSA) is 45.2 Å². The molecule has 0 bridgehead atoms. The van der Waals surface area contributed by atoms with E-state index in [-0.39, 0.29) is 11.9 Å². The van der Waals surface area contributed by atoms with Crippen molar-refractivity contribution in [1.29, 1.82) is 0 Å². The molecule has 0 saturated carbocycles. The highest BCUT2D eigenvalue weighted by atomic mass is 16.1. The molecule has 1 N–H and O–H groups in total. The molecule has 0 aliphatic carbocycles. The third kappa shape index (κ3) is 4.72. The standard InChI is InChI=1S/C23H27N3O/c1-3-26(4-2)21(18-10-6-5-7-11-18)17-25-22(27)16-20-13-8-12-19-14-9-15-24-23(19)20/h5-15,21H,3-4,16-17H2,1-2H3,(H,25,27). The van der Waals surface area contributed by atoms with Gasteiger partial charge in [-0.05, 0) is 30.3 Å². The number of carbonyl (C=O) groups is 1. The van der Waals surface area contributed by atoms with Crippen molar-refractivity contribution >= 4 is 16.8 Å². The molecule has 0 spiro atoms. The number of nitrogens with one attached hydrogen (secondary N) is 1. The SMILES string of the molecule is CCN(CC)C(CNC(=O)Cc1cccc2cccnc12)c1ccccc1. The van der Waals surface area contributed by atoms with Gasteiger partial charge in [0.2, 0.25) is 5.91 Å². The van der Waals surface area contributed by atoms with E-state index in [1.807, 2.05) is 36.4 Å². The number of amides is 1. The van der Waals surface area contributed by atoms with Crippen LogP contribution in [-0.4, -0.2) is 35.4 Å². The second-order valence-corrected chi connectivity index (χ2v) is 6.62. The minimum absolute atomic E-state index is 0.0289. The average Bonchev–Trinajstić information content (AvgIpc) is 2.72. The summed E-state index contributed by atoms with van der Waals surface area (Å²) in [5.41, 5.74) is 3.09. The van der Waals surface area contributed by atoms with Gasteiger partial charge < -0.3 is 5.32 Å². The van der Waals surface area contributed by atoms with Gasteiger partial charge in [-0.1, -0.05) is 68.4 Å².